The standard InChI is InChI=1S/C21H23N3O3S/c1-15-3-5-16(6-4-15)11-24-12-18(13-25)23-21(24)28-14-20(26)22-17-7-9-19(27-2)10-8-17/h3-10,12,25H,11,13-14H2,1-2H3,(H,22,26). The Balaban J connectivity index is 1.63. The first kappa shape index (κ1) is 20.0. The summed E-state index contributed by atoms with van der Waals surface area (Å²) in [6.07, 6.45) is 1.82. The van der Waals surface area contributed by atoms with Crippen LogP contribution in [0.5, 0.6) is 5.75 Å². The topological polar surface area (TPSA) is 76.4 Å². The lowest BCUT2D eigenvalue weighted by Gasteiger charge is -2.09. The first-order chi connectivity index (χ1) is 13.6. The lowest BCUT2D eigenvalue weighted by atomic mass is 10.1. The number of methoxy groups -OCH3 is 1. The zero-order valence-corrected chi connectivity index (χ0v) is 16.7. The molecule has 0 aliphatic rings. The van der Waals surface area contributed by atoms with Gasteiger partial charge in [-0.2, -0.15) is 0 Å². The Labute approximate surface area is 168 Å². The van der Waals surface area contributed by atoms with Crippen molar-refractivity contribution >= 4 is 23.4 Å². The number of hydrogen-bond donors (Lipinski definition) is 2. The number of nitrogens with zero attached hydrogens (tertiary/aromatic N) is 2. The third-order valence-electron chi connectivity index (χ3n) is 4.13. The van der Waals surface area contributed by atoms with Crippen molar-refractivity contribution in [2.75, 3.05) is 18.2 Å². The molecule has 2 aromatic carbocycles. The molecule has 0 aliphatic carbocycles. The Bertz CT molecular complexity index is 921. The molecular weight excluding hydrogens is 374 g/mol. The van der Waals surface area contributed by atoms with Crippen molar-refractivity contribution in [3.05, 3.63) is 71.5 Å². The lowest BCUT2D eigenvalue weighted by Crippen LogP contribution is -2.14. The van der Waals surface area contributed by atoms with Gasteiger partial charge in [-0.1, -0.05) is 41.6 Å². The van der Waals surface area contributed by atoms with E-state index in [1.807, 2.05) is 17.7 Å². The molecule has 0 saturated carbocycles. The van der Waals surface area contributed by atoms with Crippen molar-refractivity contribution in [1.29, 1.82) is 0 Å². The van der Waals surface area contributed by atoms with E-state index in [-0.39, 0.29) is 18.3 Å². The van der Waals surface area contributed by atoms with Crippen LogP contribution in [0.2, 0.25) is 0 Å². The Kier molecular flexibility index (Phi) is 6.73. The van der Waals surface area contributed by atoms with E-state index in [9.17, 15) is 9.90 Å². The van der Waals surface area contributed by atoms with Gasteiger partial charge in [-0.25, -0.2) is 4.98 Å². The fraction of sp³-hybridized carbons (Fsp3) is 0.238. The van der Waals surface area contributed by atoms with Crippen molar-refractivity contribution in [3.8, 4) is 5.75 Å². The second-order valence-electron chi connectivity index (χ2n) is 6.35. The zero-order chi connectivity index (χ0) is 19.9. The van der Waals surface area contributed by atoms with Crippen LogP contribution in [0.15, 0.2) is 59.9 Å². The van der Waals surface area contributed by atoms with Gasteiger partial charge in [0.25, 0.3) is 0 Å². The summed E-state index contributed by atoms with van der Waals surface area (Å²) in [5, 5.41) is 13.0. The van der Waals surface area contributed by atoms with Crippen molar-refractivity contribution < 1.29 is 14.6 Å². The molecule has 0 unspecified atom stereocenters. The summed E-state index contributed by atoms with van der Waals surface area (Å²) in [5.41, 5.74) is 3.64. The second-order valence-corrected chi connectivity index (χ2v) is 7.29. The largest absolute Gasteiger partial charge is 0.497 e. The van der Waals surface area contributed by atoms with Crippen molar-refractivity contribution in [3.63, 3.8) is 0 Å². The maximum absolute atomic E-state index is 12.3. The molecule has 6 nitrogen and oxygen atoms in total. The predicted molar refractivity (Wildman–Crippen MR) is 111 cm³/mol. The number of nitrogens with one attached hydrogen (secondary N) is 1. The van der Waals surface area contributed by atoms with E-state index in [1.165, 1.54) is 17.3 Å². The number of amides is 1. The van der Waals surface area contributed by atoms with E-state index in [1.54, 1.807) is 31.4 Å². The number of carbonyl (C=O) groups excluding carboxylic acids is 1. The van der Waals surface area contributed by atoms with Gasteiger partial charge in [0.05, 0.1) is 25.2 Å². The number of aliphatic hydroxyl groups excluding tert-OH is 1. The Hall–Kier alpha value is -2.77. The third kappa shape index (κ3) is 5.37. The smallest absolute Gasteiger partial charge is 0.234 e. The van der Waals surface area contributed by atoms with Crippen molar-refractivity contribution in [2.24, 2.45) is 0 Å². The normalized spacial score (nSPS) is 10.7. The van der Waals surface area contributed by atoms with Crippen LogP contribution in [0.25, 0.3) is 0 Å². The van der Waals surface area contributed by atoms with Crippen LogP contribution in [-0.2, 0) is 17.9 Å². The summed E-state index contributed by atoms with van der Waals surface area (Å²) in [6, 6.07) is 15.4. The highest BCUT2D eigenvalue weighted by molar-refractivity contribution is 7.99. The molecule has 3 rings (SSSR count). The minimum absolute atomic E-state index is 0.120. The van der Waals surface area contributed by atoms with Crippen LogP contribution in [0.4, 0.5) is 5.69 Å². The molecule has 0 spiro atoms. The molecule has 0 aliphatic heterocycles. The van der Waals surface area contributed by atoms with E-state index in [0.717, 1.165) is 11.3 Å². The van der Waals surface area contributed by atoms with Gasteiger partial charge in [0.15, 0.2) is 5.16 Å². The average Bonchev–Trinajstić information content (AvgIpc) is 3.10. The molecule has 1 amide bonds. The predicted octanol–water partition coefficient (Wildman–Crippen LogP) is 3.47. The van der Waals surface area contributed by atoms with E-state index >= 15 is 0 Å². The van der Waals surface area contributed by atoms with Gasteiger partial charge in [-0.15, -0.1) is 0 Å². The summed E-state index contributed by atoms with van der Waals surface area (Å²) in [5.74, 6) is 0.842. The fourth-order valence-corrected chi connectivity index (χ4v) is 3.44. The zero-order valence-electron chi connectivity index (χ0n) is 15.9. The molecule has 0 radical (unpaired) electrons. The summed E-state index contributed by atoms with van der Waals surface area (Å²) in [6.45, 7) is 2.55. The van der Waals surface area contributed by atoms with Gasteiger partial charge in [-0.3, -0.25) is 4.79 Å². The summed E-state index contributed by atoms with van der Waals surface area (Å²) >= 11 is 1.34. The van der Waals surface area contributed by atoms with E-state index < -0.39 is 0 Å². The number of ether oxygens (including phenoxy) is 1. The van der Waals surface area contributed by atoms with Gasteiger partial charge >= 0.3 is 0 Å². The van der Waals surface area contributed by atoms with E-state index in [4.69, 9.17) is 4.74 Å². The number of thioether (sulfide) groups is 1. The number of anilines is 1. The van der Waals surface area contributed by atoms with Crippen molar-refractivity contribution in [1.82, 2.24) is 9.55 Å². The Morgan fingerprint density at radius 3 is 2.54 bits per heavy atom. The molecule has 28 heavy (non-hydrogen) atoms. The second kappa shape index (κ2) is 9.43. The highest BCUT2D eigenvalue weighted by Crippen LogP contribution is 2.21. The lowest BCUT2D eigenvalue weighted by molar-refractivity contribution is -0.113. The molecule has 0 atom stereocenters. The number of imidazole rings is 1. The summed E-state index contributed by atoms with van der Waals surface area (Å²) < 4.78 is 7.07. The van der Waals surface area contributed by atoms with E-state index in [2.05, 4.69) is 34.6 Å². The first-order valence-corrected chi connectivity index (χ1v) is 9.85. The molecule has 2 N–H and O–H groups in total. The van der Waals surface area contributed by atoms with E-state index in [0.29, 0.717) is 23.1 Å². The van der Waals surface area contributed by atoms with Gasteiger partial charge in [0.2, 0.25) is 5.91 Å². The summed E-state index contributed by atoms with van der Waals surface area (Å²) in [4.78, 5) is 16.7. The maximum atomic E-state index is 12.3. The highest BCUT2D eigenvalue weighted by atomic mass is 32.2. The van der Waals surface area contributed by atoms with Crippen molar-refractivity contribution in [2.45, 2.75) is 25.2 Å². The number of benzene rings is 2. The molecular formula is C21H23N3O3S. The minimum atomic E-state index is -0.132. The molecule has 146 valence electrons. The number of rotatable bonds is 8. The fourth-order valence-electron chi connectivity index (χ4n) is 2.65. The molecule has 1 aromatic heterocycles. The van der Waals surface area contributed by atoms with Gasteiger partial charge in [0, 0.05) is 18.4 Å². The number of carbonyl (C=O) groups is 1. The Morgan fingerprint density at radius 2 is 1.89 bits per heavy atom. The number of aliphatic hydroxyl groups is 1. The number of hydrogen-bond acceptors (Lipinski definition) is 5. The quantitative estimate of drug-likeness (QED) is 0.569. The van der Waals surface area contributed by atoms with Gasteiger partial charge in [0.1, 0.15) is 5.75 Å². The van der Waals surface area contributed by atoms with Crippen LogP contribution in [0, 0.1) is 6.92 Å². The third-order valence-corrected chi connectivity index (χ3v) is 5.12. The van der Waals surface area contributed by atoms with Gasteiger partial charge < -0.3 is 19.7 Å². The number of aromatic nitrogens is 2. The SMILES string of the molecule is COc1ccc(NC(=O)CSc2nc(CO)cn2Cc2ccc(C)cc2)cc1. The molecule has 3 aromatic rings. The monoisotopic (exact) mass is 397 g/mol. The van der Waals surface area contributed by atoms with Crippen LogP contribution in [0.3, 0.4) is 0 Å². The molecule has 1 heterocycles. The first-order valence-electron chi connectivity index (χ1n) is 8.86. The molecule has 7 heteroatoms. The highest BCUT2D eigenvalue weighted by Gasteiger charge is 2.12. The van der Waals surface area contributed by atoms with Gasteiger partial charge in [-0.05, 0) is 36.8 Å². The van der Waals surface area contributed by atoms with Crippen LogP contribution >= 0.6 is 11.8 Å². The molecule has 0 saturated heterocycles. The average molecular weight is 398 g/mol. The van der Waals surface area contributed by atoms with Crippen LogP contribution in [-0.4, -0.2) is 33.4 Å². The molecule has 0 fully saturated rings. The minimum Gasteiger partial charge on any atom is -0.497 e. The van der Waals surface area contributed by atoms with Crippen LogP contribution < -0.4 is 10.1 Å². The van der Waals surface area contributed by atoms with Crippen LogP contribution in [0.1, 0.15) is 16.8 Å². The maximum Gasteiger partial charge on any atom is 0.234 e. The Morgan fingerprint density at radius 1 is 1.18 bits per heavy atom. The summed E-state index contributed by atoms with van der Waals surface area (Å²) in [7, 11) is 1.60. The molecule has 0 bridgehead atoms. The number of aryl methyl sites for hydroxylation is 1.